The van der Waals surface area contributed by atoms with Gasteiger partial charge in [0, 0.05) is 0 Å². The molecule has 0 saturated heterocycles. The van der Waals surface area contributed by atoms with Gasteiger partial charge in [0.15, 0.2) is 0 Å². The van der Waals surface area contributed by atoms with Crippen LogP contribution in [-0.2, 0) is 6.18 Å². The first-order chi connectivity index (χ1) is 9.29. The van der Waals surface area contributed by atoms with E-state index in [2.05, 4.69) is 15.9 Å². The molecule has 106 valence electrons. The van der Waals surface area contributed by atoms with Crippen LogP contribution in [0.25, 0.3) is 0 Å². The molecule has 0 heterocycles. The van der Waals surface area contributed by atoms with E-state index in [4.69, 9.17) is 23.2 Å². The molecule has 1 atom stereocenters. The van der Waals surface area contributed by atoms with Crippen LogP contribution in [0, 0.1) is 0 Å². The second-order valence-corrected chi connectivity index (χ2v) is 5.89. The fourth-order valence-electron chi connectivity index (χ4n) is 1.70. The Morgan fingerprint density at radius 1 is 0.850 bits per heavy atom. The van der Waals surface area contributed by atoms with Crippen LogP contribution in [0.15, 0.2) is 42.5 Å². The molecule has 1 unspecified atom stereocenters. The predicted octanol–water partition coefficient (Wildman–Crippen LogP) is 6.50. The number of hydrogen-bond donors (Lipinski definition) is 0. The molecule has 0 aliphatic carbocycles. The Morgan fingerprint density at radius 2 is 1.40 bits per heavy atom. The standard InChI is InChI=1S/C14H8BrCl2F3/c15-13(9-3-6-11(16)12(17)7-9)8-1-4-10(5-2-8)14(18,19)20/h1-7,13H. The van der Waals surface area contributed by atoms with Crippen LogP contribution in [0.3, 0.4) is 0 Å². The Balaban J connectivity index is 2.29. The molecule has 0 amide bonds. The number of alkyl halides is 4. The molecule has 20 heavy (non-hydrogen) atoms. The van der Waals surface area contributed by atoms with E-state index < -0.39 is 11.7 Å². The molecule has 0 spiro atoms. The van der Waals surface area contributed by atoms with E-state index in [1.54, 1.807) is 18.2 Å². The molecule has 2 aromatic rings. The molecule has 0 aromatic heterocycles. The van der Waals surface area contributed by atoms with Crippen molar-refractivity contribution in [3.8, 4) is 0 Å². The van der Waals surface area contributed by atoms with E-state index in [1.807, 2.05) is 0 Å². The lowest BCUT2D eigenvalue weighted by atomic mass is 10.0. The van der Waals surface area contributed by atoms with Gasteiger partial charge in [-0.15, -0.1) is 0 Å². The zero-order valence-electron chi connectivity index (χ0n) is 9.89. The maximum absolute atomic E-state index is 12.5. The van der Waals surface area contributed by atoms with Crippen molar-refractivity contribution in [3.05, 3.63) is 69.2 Å². The molecule has 0 fully saturated rings. The Hall–Kier alpha value is -0.710. The lowest BCUT2D eigenvalue weighted by Crippen LogP contribution is -2.04. The van der Waals surface area contributed by atoms with E-state index in [0.717, 1.165) is 17.7 Å². The second kappa shape index (κ2) is 5.96. The third-order valence-electron chi connectivity index (χ3n) is 2.77. The summed E-state index contributed by atoms with van der Waals surface area (Å²) in [6.45, 7) is 0. The van der Waals surface area contributed by atoms with Crippen molar-refractivity contribution in [3.63, 3.8) is 0 Å². The van der Waals surface area contributed by atoms with Crippen LogP contribution in [0.2, 0.25) is 10.0 Å². The van der Waals surface area contributed by atoms with Crippen LogP contribution < -0.4 is 0 Å². The summed E-state index contributed by atoms with van der Waals surface area (Å²) < 4.78 is 37.5. The molecule has 0 nitrogen and oxygen atoms in total. The Labute approximate surface area is 132 Å². The minimum Gasteiger partial charge on any atom is -0.166 e. The number of benzene rings is 2. The van der Waals surface area contributed by atoms with Crippen LogP contribution in [0.4, 0.5) is 13.2 Å². The average Bonchev–Trinajstić information content (AvgIpc) is 2.40. The molecular weight excluding hydrogens is 376 g/mol. The maximum Gasteiger partial charge on any atom is 0.416 e. The van der Waals surface area contributed by atoms with Gasteiger partial charge in [0.05, 0.1) is 20.4 Å². The number of hydrogen-bond acceptors (Lipinski definition) is 0. The van der Waals surface area contributed by atoms with Crippen molar-refractivity contribution in [2.45, 2.75) is 11.0 Å². The van der Waals surface area contributed by atoms with Crippen LogP contribution in [0.1, 0.15) is 21.5 Å². The zero-order valence-corrected chi connectivity index (χ0v) is 13.0. The van der Waals surface area contributed by atoms with E-state index in [-0.39, 0.29) is 4.83 Å². The van der Waals surface area contributed by atoms with Crippen molar-refractivity contribution >= 4 is 39.1 Å². The Kier molecular flexibility index (Phi) is 4.67. The van der Waals surface area contributed by atoms with E-state index in [9.17, 15) is 13.2 Å². The van der Waals surface area contributed by atoms with Gasteiger partial charge in [-0.2, -0.15) is 13.2 Å². The van der Waals surface area contributed by atoms with E-state index >= 15 is 0 Å². The number of rotatable bonds is 2. The van der Waals surface area contributed by atoms with Crippen molar-refractivity contribution in [2.75, 3.05) is 0 Å². The van der Waals surface area contributed by atoms with E-state index in [0.29, 0.717) is 15.6 Å². The molecular formula is C14H8BrCl2F3. The fourth-order valence-corrected chi connectivity index (χ4v) is 2.60. The highest BCUT2D eigenvalue weighted by Gasteiger charge is 2.30. The SMILES string of the molecule is FC(F)(F)c1ccc(C(Br)c2ccc(Cl)c(Cl)c2)cc1. The molecule has 2 rings (SSSR count). The quantitative estimate of drug-likeness (QED) is 0.519. The molecule has 0 bridgehead atoms. The van der Waals surface area contributed by atoms with Crippen molar-refractivity contribution < 1.29 is 13.2 Å². The van der Waals surface area contributed by atoms with Crippen molar-refractivity contribution in [1.29, 1.82) is 0 Å². The van der Waals surface area contributed by atoms with Crippen molar-refractivity contribution in [2.24, 2.45) is 0 Å². The zero-order chi connectivity index (χ0) is 14.9. The summed E-state index contributed by atoms with van der Waals surface area (Å²) in [5.41, 5.74) is 0.852. The van der Waals surface area contributed by atoms with Crippen LogP contribution >= 0.6 is 39.1 Å². The third kappa shape index (κ3) is 3.48. The smallest absolute Gasteiger partial charge is 0.166 e. The first-order valence-corrected chi connectivity index (χ1v) is 7.22. The minimum absolute atomic E-state index is 0.250. The van der Waals surface area contributed by atoms with Gasteiger partial charge in [-0.3, -0.25) is 0 Å². The van der Waals surface area contributed by atoms with Gasteiger partial charge >= 0.3 is 6.18 Å². The highest BCUT2D eigenvalue weighted by Crippen LogP contribution is 2.36. The highest BCUT2D eigenvalue weighted by molar-refractivity contribution is 9.09. The van der Waals surface area contributed by atoms with Gasteiger partial charge in [0.25, 0.3) is 0 Å². The second-order valence-electron chi connectivity index (χ2n) is 4.16. The summed E-state index contributed by atoms with van der Waals surface area (Å²) in [6, 6.07) is 10.1. The first-order valence-electron chi connectivity index (χ1n) is 5.55. The van der Waals surface area contributed by atoms with Gasteiger partial charge < -0.3 is 0 Å². The fraction of sp³-hybridized carbons (Fsp3) is 0.143. The normalized spacial score (nSPS) is 13.3. The summed E-state index contributed by atoms with van der Waals surface area (Å²) in [5, 5.41) is 0.836. The minimum atomic E-state index is -4.33. The lowest BCUT2D eigenvalue weighted by molar-refractivity contribution is -0.137. The Morgan fingerprint density at radius 3 is 1.90 bits per heavy atom. The summed E-state index contributed by atoms with van der Waals surface area (Å²) in [7, 11) is 0. The summed E-state index contributed by atoms with van der Waals surface area (Å²) in [5.74, 6) is 0. The average molecular weight is 384 g/mol. The van der Waals surface area contributed by atoms with Gasteiger partial charge in [0.2, 0.25) is 0 Å². The maximum atomic E-state index is 12.5. The molecule has 6 heteroatoms. The van der Waals surface area contributed by atoms with Crippen molar-refractivity contribution in [1.82, 2.24) is 0 Å². The molecule has 0 aliphatic rings. The van der Waals surface area contributed by atoms with Gasteiger partial charge in [0.1, 0.15) is 0 Å². The van der Waals surface area contributed by atoms with Gasteiger partial charge in [-0.25, -0.2) is 0 Å². The van der Waals surface area contributed by atoms with Gasteiger partial charge in [-0.1, -0.05) is 57.3 Å². The van der Waals surface area contributed by atoms with Crippen LogP contribution in [0.5, 0.6) is 0 Å². The summed E-state index contributed by atoms with van der Waals surface area (Å²) in [4.78, 5) is -0.250. The summed E-state index contributed by atoms with van der Waals surface area (Å²) in [6.07, 6.45) is -4.33. The topological polar surface area (TPSA) is 0 Å². The lowest BCUT2D eigenvalue weighted by Gasteiger charge is -2.13. The van der Waals surface area contributed by atoms with E-state index in [1.165, 1.54) is 12.1 Å². The molecule has 0 N–H and O–H groups in total. The molecule has 0 radical (unpaired) electrons. The summed E-state index contributed by atoms with van der Waals surface area (Å²) >= 11 is 15.2. The van der Waals surface area contributed by atoms with Crippen LogP contribution in [-0.4, -0.2) is 0 Å². The molecule has 0 aliphatic heterocycles. The molecule has 2 aromatic carbocycles. The molecule has 0 saturated carbocycles. The monoisotopic (exact) mass is 382 g/mol. The third-order valence-corrected chi connectivity index (χ3v) is 4.56. The number of halogens is 6. The predicted molar refractivity (Wildman–Crippen MR) is 78.7 cm³/mol. The highest BCUT2D eigenvalue weighted by atomic mass is 79.9. The Bertz CT molecular complexity index is 609. The van der Waals surface area contributed by atoms with Gasteiger partial charge in [-0.05, 0) is 35.4 Å². The largest absolute Gasteiger partial charge is 0.416 e. The first kappa shape index (κ1) is 15.7.